The average Bonchev–Trinajstić information content (AvgIpc) is 2.73. The molecule has 0 saturated heterocycles. The number of unbranched alkanes of at least 4 members (excludes halogenated alkanes) is 2. The molecule has 1 aromatic carbocycles. The number of nitrogens with one attached hydrogen (secondary N) is 2. The predicted molar refractivity (Wildman–Crippen MR) is 111 cm³/mol. The highest BCUT2D eigenvalue weighted by atomic mass is 32.2. The van der Waals surface area contributed by atoms with Gasteiger partial charge in [-0.2, -0.15) is 0 Å². The first-order chi connectivity index (χ1) is 14.7. The molecule has 10 heteroatoms. The normalized spacial score (nSPS) is 11.0. The Bertz CT molecular complexity index is 1070. The molecular weight excluding hydrogens is 422 g/mol. The van der Waals surface area contributed by atoms with Crippen molar-refractivity contribution in [2.24, 2.45) is 0 Å². The minimum absolute atomic E-state index is 0.0842. The molecule has 2 N–H and O–H groups in total. The van der Waals surface area contributed by atoms with Gasteiger partial charge < -0.3 is 15.2 Å². The van der Waals surface area contributed by atoms with Crippen LogP contribution < -0.4 is 15.1 Å². The van der Waals surface area contributed by atoms with Crippen molar-refractivity contribution in [3.05, 3.63) is 58.9 Å². The lowest BCUT2D eigenvalue weighted by molar-refractivity contribution is -0.255. The van der Waals surface area contributed by atoms with Crippen molar-refractivity contribution in [1.82, 2.24) is 15.0 Å². The standard InChI is InChI=1S/C21H25N3O6S/c1-3-5-6-7-15-12-16(13-23-18(15)21(27)28)20(26)24-31(29,30)17-10-8-14(9-11-17)19(25)22-4-2/h8-13H,3-7H2,1-2H3,(H,22,25)(H,24,26)(H,27,28)/p-1. The van der Waals surface area contributed by atoms with Gasteiger partial charge in [-0.15, -0.1) is 0 Å². The summed E-state index contributed by atoms with van der Waals surface area (Å²) in [6, 6.07) is 6.43. The second-order valence-electron chi connectivity index (χ2n) is 6.79. The molecule has 0 spiro atoms. The molecule has 0 radical (unpaired) electrons. The molecule has 31 heavy (non-hydrogen) atoms. The zero-order chi connectivity index (χ0) is 23.0. The summed E-state index contributed by atoms with van der Waals surface area (Å²) in [5.41, 5.74) is 0.242. The van der Waals surface area contributed by atoms with Crippen LogP contribution in [-0.2, 0) is 16.4 Å². The van der Waals surface area contributed by atoms with Crippen molar-refractivity contribution in [3.63, 3.8) is 0 Å². The van der Waals surface area contributed by atoms with Crippen LogP contribution in [0.3, 0.4) is 0 Å². The summed E-state index contributed by atoms with van der Waals surface area (Å²) in [7, 11) is -4.21. The van der Waals surface area contributed by atoms with Gasteiger partial charge in [0.15, 0.2) is 0 Å². The number of hydrogen-bond acceptors (Lipinski definition) is 7. The van der Waals surface area contributed by atoms with Crippen LogP contribution in [0, 0.1) is 0 Å². The smallest absolute Gasteiger partial charge is 0.266 e. The molecule has 0 bridgehead atoms. The summed E-state index contributed by atoms with van der Waals surface area (Å²) < 4.78 is 27.0. The van der Waals surface area contributed by atoms with Gasteiger partial charge in [-0.1, -0.05) is 19.8 Å². The molecule has 9 nitrogen and oxygen atoms in total. The first kappa shape index (κ1) is 24.0. The highest BCUT2D eigenvalue weighted by Gasteiger charge is 2.20. The van der Waals surface area contributed by atoms with E-state index in [4.69, 9.17) is 0 Å². The third-order valence-electron chi connectivity index (χ3n) is 4.46. The number of carbonyl (C=O) groups is 3. The maximum atomic E-state index is 12.5. The first-order valence-electron chi connectivity index (χ1n) is 9.85. The Kier molecular flexibility index (Phi) is 8.26. The van der Waals surface area contributed by atoms with Gasteiger partial charge in [-0.05, 0) is 55.7 Å². The fourth-order valence-electron chi connectivity index (χ4n) is 2.86. The molecule has 0 aliphatic carbocycles. The summed E-state index contributed by atoms with van der Waals surface area (Å²) in [6.45, 7) is 4.19. The maximum Gasteiger partial charge on any atom is 0.266 e. The molecule has 0 saturated carbocycles. The second kappa shape index (κ2) is 10.7. The van der Waals surface area contributed by atoms with Gasteiger partial charge >= 0.3 is 0 Å². The van der Waals surface area contributed by atoms with Gasteiger partial charge in [-0.3, -0.25) is 14.6 Å². The lowest BCUT2D eigenvalue weighted by atomic mass is 10.0. The van der Waals surface area contributed by atoms with Crippen LogP contribution in [0.5, 0.6) is 0 Å². The van der Waals surface area contributed by atoms with Gasteiger partial charge in [0.25, 0.3) is 21.8 Å². The minimum atomic E-state index is -4.21. The van der Waals surface area contributed by atoms with Gasteiger partial charge in [0.2, 0.25) is 0 Å². The summed E-state index contributed by atoms with van der Waals surface area (Å²) in [6.07, 6.45) is 3.85. The van der Waals surface area contributed by atoms with Gasteiger partial charge in [-0.25, -0.2) is 13.1 Å². The van der Waals surface area contributed by atoms with E-state index in [2.05, 4.69) is 10.3 Å². The summed E-state index contributed by atoms with van der Waals surface area (Å²) in [4.78, 5) is 39.1. The van der Waals surface area contributed by atoms with Crippen molar-refractivity contribution >= 4 is 27.8 Å². The predicted octanol–water partition coefficient (Wildman–Crippen LogP) is 1.05. The molecule has 166 valence electrons. The van der Waals surface area contributed by atoms with E-state index >= 15 is 0 Å². The average molecular weight is 447 g/mol. The van der Waals surface area contributed by atoms with E-state index in [0.717, 1.165) is 19.0 Å². The number of sulfonamides is 1. The Balaban J connectivity index is 2.22. The van der Waals surface area contributed by atoms with E-state index < -0.39 is 21.9 Å². The lowest BCUT2D eigenvalue weighted by Crippen LogP contribution is -2.31. The monoisotopic (exact) mass is 446 g/mol. The molecule has 0 fully saturated rings. The van der Waals surface area contributed by atoms with Crippen molar-refractivity contribution in [2.45, 2.75) is 44.4 Å². The summed E-state index contributed by atoms with van der Waals surface area (Å²) in [5.74, 6) is -2.75. The third kappa shape index (κ3) is 6.35. The number of nitrogens with zero attached hydrogens (tertiary/aromatic N) is 1. The Morgan fingerprint density at radius 3 is 2.26 bits per heavy atom. The van der Waals surface area contributed by atoms with Crippen molar-refractivity contribution in [1.29, 1.82) is 0 Å². The van der Waals surface area contributed by atoms with Crippen LogP contribution in [0.4, 0.5) is 0 Å². The SMILES string of the molecule is CCCCCc1cc(C(=O)NS(=O)(=O)c2ccc(C(=O)NCC)cc2)cnc1C(=O)[O-]. The van der Waals surface area contributed by atoms with E-state index in [1.165, 1.54) is 30.3 Å². The number of amides is 2. The first-order valence-corrected chi connectivity index (χ1v) is 11.3. The minimum Gasteiger partial charge on any atom is -0.543 e. The Labute approximate surface area is 180 Å². The van der Waals surface area contributed by atoms with Gasteiger partial charge in [0.05, 0.1) is 22.1 Å². The number of benzene rings is 1. The molecule has 2 aromatic rings. The number of pyridine rings is 1. The van der Waals surface area contributed by atoms with E-state index in [9.17, 15) is 27.9 Å². The molecule has 1 aromatic heterocycles. The number of aryl methyl sites for hydroxylation is 1. The molecular formula is C21H24N3O6S-. The summed E-state index contributed by atoms with van der Waals surface area (Å²) >= 11 is 0. The molecule has 1 heterocycles. The van der Waals surface area contributed by atoms with Crippen LogP contribution in [-0.4, -0.2) is 37.7 Å². The van der Waals surface area contributed by atoms with E-state index in [-0.39, 0.29) is 27.6 Å². The number of carboxylic acid groups (broad SMARTS) is 1. The highest BCUT2D eigenvalue weighted by Crippen LogP contribution is 2.15. The van der Waals surface area contributed by atoms with Crippen LogP contribution in [0.1, 0.15) is 69.9 Å². The number of hydrogen-bond donors (Lipinski definition) is 2. The fraction of sp³-hybridized carbons (Fsp3) is 0.333. The molecule has 0 aliphatic heterocycles. The van der Waals surface area contributed by atoms with E-state index in [0.29, 0.717) is 24.9 Å². The van der Waals surface area contributed by atoms with Crippen molar-refractivity contribution < 1.29 is 27.9 Å². The van der Waals surface area contributed by atoms with E-state index in [1.54, 1.807) is 6.92 Å². The number of carbonyl (C=O) groups excluding carboxylic acids is 3. The zero-order valence-corrected chi connectivity index (χ0v) is 18.1. The van der Waals surface area contributed by atoms with Crippen molar-refractivity contribution in [3.8, 4) is 0 Å². The third-order valence-corrected chi connectivity index (χ3v) is 5.81. The van der Waals surface area contributed by atoms with Gasteiger partial charge in [0.1, 0.15) is 0 Å². The van der Waals surface area contributed by atoms with Crippen LogP contribution >= 0.6 is 0 Å². The lowest BCUT2D eigenvalue weighted by Gasteiger charge is -2.12. The van der Waals surface area contributed by atoms with Crippen molar-refractivity contribution in [2.75, 3.05) is 6.54 Å². The number of aromatic carboxylic acids is 1. The highest BCUT2D eigenvalue weighted by molar-refractivity contribution is 7.90. The Morgan fingerprint density at radius 2 is 1.68 bits per heavy atom. The van der Waals surface area contributed by atoms with Crippen LogP contribution in [0.25, 0.3) is 0 Å². The number of carboxylic acids is 1. The topological polar surface area (TPSA) is 145 Å². The largest absolute Gasteiger partial charge is 0.543 e. The second-order valence-corrected chi connectivity index (χ2v) is 8.48. The maximum absolute atomic E-state index is 12.5. The molecule has 0 unspecified atom stereocenters. The zero-order valence-electron chi connectivity index (χ0n) is 17.3. The Hall–Kier alpha value is -3.27. The molecule has 0 atom stereocenters. The van der Waals surface area contributed by atoms with Crippen LogP contribution in [0.2, 0.25) is 0 Å². The summed E-state index contributed by atoms with van der Waals surface area (Å²) in [5, 5.41) is 13.9. The van der Waals surface area contributed by atoms with E-state index in [1.807, 2.05) is 11.6 Å². The number of aromatic nitrogens is 1. The molecule has 0 aliphatic rings. The van der Waals surface area contributed by atoms with Crippen LogP contribution in [0.15, 0.2) is 41.4 Å². The number of rotatable bonds is 10. The molecule has 2 rings (SSSR count). The molecule has 2 amide bonds. The Morgan fingerprint density at radius 1 is 1.00 bits per heavy atom. The van der Waals surface area contributed by atoms with Gasteiger partial charge in [0, 0.05) is 18.3 Å². The quantitative estimate of drug-likeness (QED) is 0.519. The fourth-order valence-corrected chi connectivity index (χ4v) is 3.84.